The molecule has 0 aliphatic carbocycles. The third kappa shape index (κ3) is 3.62. The van der Waals surface area contributed by atoms with Gasteiger partial charge in [0.2, 0.25) is 0 Å². The van der Waals surface area contributed by atoms with Gasteiger partial charge in [-0.3, -0.25) is 4.72 Å². The molecule has 0 fully saturated rings. The van der Waals surface area contributed by atoms with Gasteiger partial charge in [0.15, 0.2) is 0 Å². The Morgan fingerprint density at radius 1 is 1.09 bits per heavy atom. The van der Waals surface area contributed by atoms with Crippen LogP contribution in [0.5, 0.6) is 5.75 Å². The van der Waals surface area contributed by atoms with Crippen LogP contribution in [0.3, 0.4) is 0 Å². The van der Waals surface area contributed by atoms with E-state index in [-0.39, 0.29) is 21.9 Å². The summed E-state index contributed by atoms with van der Waals surface area (Å²) in [6, 6.07) is 8.66. The van der Waals surface area contributed by atoms with Crippen LogP contribution in [0.4, 0.5) is 5.69 Å². The Morgan fingerprint density at radius 2 is 1.65 bits per heavy atom. The Kier molecular flexibility index (Phi) is 4.60. The first-order chi connectivity index (χ1) is 10.7. The van der Waals surface area contributed by atoms with Gasteiger partial charge in [-0.15, -0.1) is 0 Å². The second kappa shape index (κ2) is 6.29. The predicted octanol–water partition coefficient (Wildman–Crippen LogP) is 2.81. The number of benzene rings is 2. The van der Waals surface area contributed by atoms with Crippen LogP contribution in [0, 0.1) is 13.8 Å². The minimum absolute atomic E-state index is 0.0328. The highest BCUT2D eigenvalue weighted by atomic mass is 32.2. The van der Waals surface area contributed by atoms with Crippen LogP contribution in [0.1, 0.15) is 21.5 Å². The van der Waals surface area contributed by atoms with Gasteiger partial charge in [0.05, 0.1) is 12.7 Å². The molecule has 0 unspecified atom stereocenters. The second-order valence-electron chi connectivity index (χ2n) is 5.08. The van der Waals surface area contributed by atoms with Crippen LogP contribution in [-0.4, -0.2) is 26.6 Å². The highest BCUT2D eigenvalue weighted by Crippen LogP contribution is 2.29. The summed E-state index contributed by atoms with van der Waals surface area (Å²) in [6.07, 6.45) is 0. The summed E-state index contributed by atoms with van der Waals surface area (Å²) in [6.45, 7) is 3.68. The molecule has 0 aromatic heterocycles. The van der Waals surface area contributed by atoms with Crippen molar-refractivity contribution >= 4 is 21.7 Å². The van der Waals surface area contributed by atoms with Gasteiger partial charge < -0.3 is 9.84 Å². The summed E-state index contributed by atoms with van der Waals surface area (Å²) in [7, 11) is -2.44. The molecule has 0 radical (unpaired) electrons. The van der Waals surface area contributed by atoms with Crippen LogP contribution in [0.2, 0.25) is 0 Å². The zero-order chi connectivity index (χ0) is 17.2. The number of aromatic carboxylic acids is 1. The minimum Gasteiger partial charge on any atom is -0.495 e. The summed E-state index contributed by atoms with van der Waals surface area (Å²) < 4.78 is 32.7. The molecule has 0 spiro atoms. The maximum absolute atomic E-state index is 12.6. The number of sulfonamides is 1. The molecule has 0 aliphatic rings. The van der Waals surface area contributed by atoms with Crippen LogP contribution >= 0.6 is 0 Å². The van der Waals surface area contributed by atoms with Crippen LogP contribution in [0.25, 0.3) is 0 Å². The van der Waals surface area contributed by atoms with E-state index in [1.807, 2.05) is 13.8 Å². The number of carboxylic acid groups (broad SMARTS) is 1. The fourth-order valence-electron chi connectivity index (χ4n) is 2.02. The Balaban J connectivity index is 2.39. The van der Waals surface area contributed by atoms with Gasteiger partial charge in [0.1, 0.15) is 10.6 Å². The maximum atomic E-state index is 12.6. The van der Waals surface area contributed by atoms with Crippen LogP contribution in [0.15, 0.2) is 41.3 Å². The molecule has 2 rings (SSSR count). The second-order valence-corrected chi connectivity index (χ2v) is 6.73. The van der Waals surface area contributed by atoms with E-state index in [1.54, 1.807) is 12.1 Å². The van der Waals surface area contributed by atoms with E-state index in [0.717, 1.165) is 11.1 Å². The van der Waals surface area contributed by atoms with Crippen molar-refractivity contribution in [1.82, 2.24) is 0 Å². The van der Waals surface area contributed by atoms with E-state index in [9.17, 15) is 13.2 Å². The molecule has 2 N–H and O–H groups in total. The van der Waals surface area contributed by atoms with E-state index in [0.29, 0.717) is 0 Å². The molecule has 0 heterocycles. The number of hydrogen-bond acceptors (Lipinski definition) is 4. The molecule has 0 saturated heterocycles. The van der Waals surface area contributed by atoms with Crippen LogP contribution in [-0.2, 0) is 10.0 Å². The average molecular weight is 335 g/mol. The number of ether oxygens (including phenoxy) is 1. The molecule has 23 heavy (non-hydrogen) atoms. The standard InChI is InChI=1S/C16H17NO5S/c1-10-8-14(22-3)15(9-11(10)2)23(20,21)17-13-6-4-12(5-7-13)16(18)19/h4-9,17H,1-3H3,(H,18,19). The summed E-state index contributed by atoms with van der Waals surface area (Å²) in [4.78, 5) is 10.8. The average Bonchev–Trinajstić information content (AvgIpc) is 2.49. The predicted molar refractivity (Wildman–Crippen MR) is 86.7 cm³/mol. The first-order valence-electron chi connectivity index (χ1n) is 6.76. The number of aryl methyl sites for hydroxylation is 2. The molecule has 0 atom stereocenters. The lowest BCUT2D eigenvalue weighted by atomic mass is 10.1. The Morgan fingerprint density at radius 3 is 2.17 bits per heavy atom. The van der Waals surface area contributed by atoms with E-state index in [4.69, 9.17) is 9.84 Å². The van der Waals surface area contributed by atoms with Crippen molar-refractivity contribution in [3.8, 4) is 5.75 Å². The molecule has 2 aromatic carbocycles. The molecule has 0 saturated carbocycles. The first kappa shape index (κ1) is 16.8. The van der Waals surface area contributed by atoms with Crippen molar-refractivity contribution in [2.75, 3.05) is 11.8 Å². The normalized spacial score (nSPS) is 11.1. The third-order valence-corrected chi connectivity index (χ3v) is 4.86. The lowest BCUT2D eigenvalue weighted by molar-refractivity contribution is 0.0697. The van der Waals surface area contributed by atoms with Gasteiger partial charge in [-0.2, -0.15) is 0 Å². The van der Waals surface area contributed by atoms with Gasteiger partial charge in [0, 0.05) is 5.69 Å². The topological polar surface area (TPSA) is 92.7 Å². The molecular weight excluding hydrogens is 318 g/mol. The van der Waals surface area contributed by atoms with Crippen molar-refractivity contribution in [1.29, 1.82) is 0 Å². The monoisotopic (exact) mass is 335 g/mol. The molecule has 122 valence electrons. The van der Waals surface area contributed by atoms with Crippen molar-refractivity contribution in [3.63, 3.8) is 0 Å². The molecule has 0 bridgehead atoms. The Hall–Kier alpha value is -2.54. The van der Waals surface area contributed by atoms with E-state index >= 15 is 0 Å². The van der Waals surface area contributed by atoms with Gasteiger partial charge in [-0.25, -0.2) is 13.2 Å². The van der Waals surface area contributed by atoms with E-state index in [1.165, 1.54) is 31.4 Å². The minimum atomic E-state index is -3.85. The highest BCUT2D eigenvalue weighted by Gasteiger charge is 2.21. The lowest BCUT2D eigenvalue weighted by Gasteiger charge is -2.14. The largest absolute Gasteiger partial charge is 0.495 e. The van der Waals surface area contributed by atoms with E-state index < -0.39 is 16.0 Å². The fourth-order valence-corrected chi connectivity index (χ4v) is 3.32. The quantitative estimate of drug-likeness (QED) is 0.876. The number of anilines is 1. The molecule has 0 amide bonds. The summed E-state index contributed by atoms with van der Waals surface area (Å²) in [5.74, 6) is -0.821. The van der Waals surface area contributed by atoms with Crippen molar-refractivity contribution in [2.45, 2.75) is 18.7 Å². The number of rotatable bonds is 5. The highest BCUT2D eigenvalue weighted by molar-refractivity contribution is 7.92. The van der Waals surface area contributed by atoms with Crippen molar-refractivity contribution in [2.24, 2.45) is 0 Å². The van der Waals surface area contributed by atoms with Crippen molar-refractivity contribution < 1.29 is 23.1 Å². The number of hydrogen-bond donors (Lipinski definition) is 2. The molecule has 7 heteroatoms. The molecule has 6 nitrogen and oxygen atoms in total. The number of nitrogens with one attached hydrogen (secondary N) is 1. The SMILES string of the molecule is COc1cc(C)c(C)cc1S(=O)(=O)Nc1ccc(C(=O)O)cc1. The Labute approximate surface area is 134 Å². The van der Waals surface area contributed by atoms with Gasteiger partial charge in [-0.1, -0.05) is 0 Å². The first-order valence-corrected chi connectivity index (χ1v) is 8.24. The van der Waals surface area contributed by atoms with Crippen LogP contribution < -0.4 is 9.46 Å². The van der Waals surface area contributed by atoms with Gasteiger partial charge in [-0.05, 0) is 61.4 Å². The summed E-state index contributed by atoms with van der Waals surface area (Å²) in [5.41, 5.74) is 2.10. The third-order valence-electron chi connectivity index (χ3n) is 3.45. The Bertz CT molecular complexity index is 842. The zero-order valence-corrected chi connectivity index (χ0v) is 13.8. The number of methoxy groups -OCH3 is 1. The molecule has 0 aliphatic heterocycles. The number of carboxylic acids is 1. The number of carbonyl (C=O) groups is 1. The fraction of sp³-hybridized carbons (Fsp3) is 0.188. The summed E-state index contributed by atoms with van der Waals surface area (Å²) >= 11 is 0. The summed E-state index contributed by atoms with van der Waals surface area (Å²) in [5, 5.41) is 8.86. The zero-order valence-electron chi connectivity index (χ0n) is 13.0. The van der Waals surface area contributed by atoms with Gasteiger partial charge >= 0.3 is 5.97 Å². The smallest absolute Gasteiger partial charge is 0.335 e. The molecular formula is C16H17NO5S. The van der Waals surface area contributed by atoms with E-state index in [2.05, 4.69) is 4.72 Å². The lowest BCUT2D eigenvalue weighted by Crippen LogP contribution is -2.14. The van der Waals surface area contributed by atoms with Gasteiger partial charge in [0.25, 0.3) is 10.0 Å². The maximum Gasteiger partial charge on any atom is 0.335 e. The molecule has 2 aromatic rings. The van der Waals surface area contributed by atoms with Crippen molar-refractivity contribution in [3.05, 3.63) is 53.1 Å².